The summed E-state index contributed by atoms with van der Waals surface area (Å²) in [5, 5.41) is 2.84. The van der Waals surface area contributed by atoms with Gasteiger partial charge in [-0.25, -0.2) is 9.78 Å². The number of carbonyl (C=O) groups excluding carboxylic acids is 3. The molecule has 0 radical (unpaired) electrons. The van der Waals surface area contributed by atoms with Crippen LogP contribution in [0.5, 0.6) is 0 Å². The highest BCUT2D eigenvalue weighted by Crippen LogP contribution is 2.46. The molecule has 2 aliphatic rings. The molecule has 4 rings (SSSR count). The largest absolute Gasteiger partial charge is 0.458 e. The van der Waals surface area contributed by atoms with Crippen LogP contribution < -0.4 is 10.9 Å². The second kappa shape index (κ2) is 7.72. The average Bonchev–Trinajstić information content (AvgIpc) is 2.88. The highest BCUT2D eigenvalue weighted by molar-refractivity contribution is 6.08. The number of hydrogen-bond acceptors (Lipinski definition) is 6. The van der Waals surface area contributed by atoms with Gasteiger partial charge in [-0.1, -0.05) is 26.8 Å². The third-order valence-corrected chi connectivity index (χ3v) is 6.15. The fraction of sp³-hybridized carbons (Fsp3) is 0.522. The highest BCUT2D eigenvalue weighted by atomic mass is 16.5. The fourth-order valence-corrected chi connectivity index (χ4v) is 5.31. The SMILES string of the molecule is Cc1ccc2nc(COC(=O)CN3C(=O)NC4(CC(C)CC(C)(C)C4)C3=O)cc(=O)n2c1. The molecular weight excluding hydrogens is 412 g/mol. The molecule has 170 valence electrons. The van der Waals surface area contributed by atoms with Crippen molar-refractivity contribution < 1.29 is 19.1 Å². The summed E-state index contributed by atoms with van der Waals surface area (Å²) in [6.07, 6.45) is 3.74. The summed E-state index contributed by atoms with van der Waals surface area (Å²) in [6, 6.07) is 4.27. The molecule has 2 unspecified atom stereocenters. The number of esters is 1. The van der Waals surface area contributed by atoms with Crippen LogP contribution in [0.25, 0.3) is 5.65 Å². The lowest BCUT2D eigenvalue weighted by molar-refractivity contribution is -0.149. The molecular formula is C23H28N4O5. The van der Waals surface area contributed by atoms with Crippen molar-refractivity contribution in [3.05, 3.63) is 46.0 Å². The maximum Gasteiger partial charge on any atom is 0.326 e. The molecule has 2 aromatic heterocycles. The van der Waals surface area contributed by atoms with Crippen molar-refractivity contribution in [2.45, 2.75) is 59.1 Å². The van der Waals surface area contributed by atoms with Gasteiger partial charge in [-0.15, -0.1) is 0 Å². The smallest absolute Gasteiger partial charge is 0.326 e. The minimum atomic E-state index is -0.967. The number of nitrogens with one attached hydrogen (secondary N) is 1. The predicted molar refractivity (Wildman–Crippen MR) is 116 cm³/mol. The van der Waals surface area contributed by atoms with Gasteiger partial charge in [0.25, 0.3) is 11.5 Å². The predicted octanol–water partition coefficient (Wildman–Crippen LogP) is 2.18. The normalized spacial score (nSPS) is 24.8. The van der Waals surface area contributed by atoms with E-state index >= 15 is 0 Å². The van der Waals surface area contributed by atoms with Crippen molar-refractivity contribution in [1.29, 1.82) is 0 Å². The molecule has 2 aromatic rings. The molecule has 3 amide bonds. The Morgan fingerprint density at radius 3 is 2.72 bits per heavy atom. The summed E-state index contributed by atoms with van der Waals surface area (Å²) in [7, 11) is 0. The average molecular weight is 441 g/mol. The van der Waals surface area contributed by atoms with Crippen molar-refractivity contribution in [3.8, 4) is 0 Å². The van der Waals surface area contributed by atoms with Crippen molar-refractivity contribution in [2.75, 3.05) is 6.54 Å². The van der Waals surface area contributed by atoms with Crippen molar-refractivity contribution in [3.63, 3.8) is 0 Å². The van der Waals surface area contributed by atoms with E-state index in [1.807, 2.05) is 13.0 Å². The standard InChI is InChI=1S/C23H28N4O5/c1-14-5-6-17-24-16(7-18(28)26(17)10-14)12-32-19(29)11-27-20(30)23(25-21(27)31)9-15(2)8-22(3,4)13-23/h5-7,10,15H,8-9,11-13H2,1-4H3,(H,25,31). The zero-order valence-electron chi connectivity index (χ0n) is 18.8. The zero-order valence-corrected chi connectivity index (χ0v) is 18.8. The van der Waals surface area contributed by atoms with Gasteiger partial charge < -0.3 is 10.1 Å². The molecule has 1 saturated carbocycles. The molecule has 1 saturated heterocycles. The summed E-state index contributed by atoms with van der Waals surface area (Å²) < 4.78 is 6.65. The summed E-state index contributed by atoms with van der Waals surface area (Å²) in [5.74, 6) is -0.840. The second-order valence-electron chi connectivity index (χ2n) is 9.94. The first-order valence-corrected chi connectivity index (χ1v) is 10.8. The van der Waals surface area contributed by atoms with Crippen LogP contribution in [-0.2, 0) is 20.9 Å². The summed E-state index contributed by atoms with van der Waals surface area (Å²) in [4.78, 5) is 55.6. The van der Waals surface area contributed by atoms with Gasteiger partial charge in [0.2, 0.25) is 0 Å². The topological polar surface area (TPSA) is 110 Å². The number of nitrogens with zero attached hydrogens (tertiary/aromatic N) is 3. The number of carbonyl (C=O) groups is 3. The summed E-state index contributed by atoms with van der Waals surface area (Å²) in [5.41, 5.74) is 0.317. The molecule has 9 nitrogen and oxygen atoms in total. The lowest BCUT2D eigenvalue weighted by Gasteiger charge is -2.43. The Balaban J connectivity index is 1.43. The highest BCUT2D eigenvalue weighted by Gasteiger charge is 2.56. The van der Waals surface area contributed by atoms with E-state index in [-0.39, 0.29) is 29.4 Å². The number of ether oxygens (including phenoxy) is 1. The molecule has 1 aliphatic carbocycles. The van der Waals surface area contributed by atoms with Crippen LogP contribution >= 0.6 is 0 Å². The van der Waals surface area contributed by atoms with Gasteiger partial charge in [0.15, 0.2) is 0 Å². The van der Waals surface area contributed by atoms with E-state index in [9.17, 15) is 19.2 Å². The van der Waals surface area contributed by atoms with Crippen LogP contribution in [0.3, 0.4) is 0 Å². The van der Waals surface area contributed by atoms with Gasteiger partial charge in [0.05, 0.1) is 5.69 Å². The van der Waals surface area contributed by atoms with Crippen LogP contribution in [0.4, 0.5) is 4.79 Å². The number of rotatable bonds is 4. The minimum absolute atomic E-state index is 0.0918. The number of aromatic nitrogens is 2. The Kier molecular flexibility index (Phi) is 5.30. The van der Waals surface area contributed by atoms with Crippen molar-refractivity contribution in [2.24, 2.45) is 11.3 Å². The molecule has 1 N–H and O–H groups in total. The third kappa shape index (κ3) is 4.11. The molecule has 0 aromatic carbocycles. The Morgan fingerprint density at radius 1 is 1.25 bits per heavy atom. The van der Waals surface area contributed by atoms with E-state index in [1.165, 1.54) is 10.5 Å². The monoisotopic (exact) mass is 440 g/mol. The Bertz CT molecular complexity index is 1170. The molecule has 32 heavy (non-hydrogen) atoms. The Labute approximate surface area is 185 Å². The number of hydrogen-bond donors (Lipinski definition) is 1. The summed E-state index contributed by atoms with van der Waals surface area (Å²) in [6.45, 7) is 7.41. The van der Waals surface area contributed by atoms with Crippen molar-refractivity contribution >= 4 is 23.6 Å². The van der Waals surface area contributed by atoms with Gasteiger partial charge in [-0.05, 0) is 49.1 Å². The second-order valence-corrected chi connectivity index (χ2v) is 9.94. The third-order valence-electron chi connectivity index (χ3n) is 6.15. The molecule has 1 aliphatic heterocycles. The Morgan fingerprint density at radius 2 is 2.00 bits per heavy atom. The maximum absolute atomic E-state index is 13.1. The van der Waals surface area contributed by atoms with Gasteiger partial charge in [-0.3, -0.25) is 23.7 Å². The molecule has 2 atom stereocenters. The molecule has 2 fully saturated rings. The zero-order chi connectivity index (χ0) is 23.3. The van der Waals surface area contributed by atoms with E-state index < -0.39 is 24.1 Å². The van der Waals surface area contributed by atoms with E-state index in [1.54, 1.807) is 12.3 Å². The van der Waals surface area contributed by atoms with Crippen LogP contribution in [0.2, 0.25) is 0 Å². The number of aryl methyl sites for hydroxylation is 1. The van der Waals surface area contributed by atoms with E-state index in [0.717, 1.165) is 16.9 Å². The van der Waals surface area contributed by atoms with Gasteiger partial charge in [0.1, 0.15) is 24.3 Å². The Hall–Kier alpha value is -3.23. The quantitative estimate of drug-likeness (QED) is 0.576. The first-order chi connectivity index (χ1) is 15.0. The number of amides is 3. The molecule has 0 bridgehead atoms. The van der Waals surface area contributed by atoms with Crippen LogP contribution in [-0.4, -0.2) is 44.3 Å². The van der Waals surface area contributed by atoms with Crippen LogP contribution in [0.15, 0.2) is 29.2 Å². The van der Waals surface area contributed by atoms with Gasteiger partial charge in [-0.2, -0.15) is 0 Å². The van der Waals surface area contributed by atoms with E-state index in [4.69, 9.17) is 4.74 Å². The lowest BCUT2D eigenvalue weighted by atomic mass is 9.64. The van der Waals surface area contributed by atoms with Crippen LogP contribution in [0.1, 0.15) is 51.3 Å². The first-order valence-electron chi connectivity index (χ1n) is 10.8. The summed E-state index contributed by atoms with van der Waals surface area (Å²) >= 11 is 0. The van der Waals surface area contributed by atoms with Gasteiger partial charge in [0, 0.05) is 12.3 Å². The lowest BCUT2D eigenvalue weighted by Crippen LogP contribution is -2.54. The minimum Gasteiger partial charge on any atom is -0.458 e. The number of pyridine rings is 1. The van der Waals surface area contributed by atoms with Crippen molar-refractivity contribution in [1.82, 2.24) is 19.6 Å². The fourth-order valence-electron chi connectivity index (χ4n) is 5.31. The van der Waals surface area contributed by atoms with E-state index in [0.29, 0.717) is 24.2 Å². The number of urea groups is 1. The number of imide groups is 1. The van der Waals surface area contributed by atoms with Gasteiger partial charge >= 0.3 is 12.0 Å². The van der Waals surface area contributed by atoms with E-state index in [2.05, 4.69) is 31.1 Å². The molecule has 9 heteroatoms. The number of fused-ring (bicyclic) bond motifs is 1. The van der Waals surface area contributed by atoms with Crippen LogP contribution in [0, 0.1) is 18.3 Å². The maximum atomic E-state index is 13.1. The molecule has 1 spiro atoms. The first kappa shape index (κ1) is 22.0. The molecule has 3 heterocycles.